The Morgan fingerprint density at radius 1 is 1.09 bits per heavy atom. The van der Waals surface area contributed by atoms with Crippen molar-refractivity contribution in [3.05, 3.63) is 66.8 Å². The van der Waals surface area contributed by atoms with Gasteiger partial charge in [0.1, 0.15) is 12.1 Å². The molecule has 2 aromatic heterocycles. The predicted octanol–water partition coefficient (Wildman–Crippen LogP) is 3.83. The normalized spacial score (nSPS) is 11.2. The topological polar surface area (TPSA) is 53.1 Å². The van der Waals surface area contributed by atoms with Crippen LogP contribution in [0, 0.1) is 0 Å². The second kappa shape index (κ2) is 5.70. The lowest BCUT2D eigenvalue weighted by Gasteiger charge is -2.05. The molecule has 114 valence electrons. The molecule has 0 bridgehead atoms. The number of rotatable bonds is 4. The van der Waals surface area contributed by atoms with Crippen molar-refractivity contribution in [3.63, 3.8) is 0 Å². The highest BCUT2D eigenvalue weighted by Crippen LogP contribution is 2.26. The third-order valence-electron chi connectivity index (χ3n) is 3.65. The van der Waals surface area contributed by atoms with Crippen molar-refractivity contribution in [2.45, 2.75) is 6.61 Å². The van der Waals surface area contributed by atoms with Gasteiger partial charge < -0.3 is 9.15 Å². The van der Waals surface area contributed by atoms with E-state index in [2.05, 4.69) is 22.2 Å². The summed E-state index contributed by atoms with van der Waals surface area (Å²) < 4.78 is 12.5. The average Bonchev–Trinajstić information content (AvgIpc) is 3.24. The molecule has 0 aliphatic rings. The first kappa shape index (κ1) is 13.7. The van der Waals surface area contributed by atoms with Gasteiger partial charge in [-0.05, 0) is 41.5 Å². The van der Waals surface area contributed by atoms with Crippen LogP contribution in [0.25, 0.3) is 27.9 Å². The van der Waals surface area contributed by atoms with E-state index in [1.807, 2.05) is 47.3 Å². The molecule has 2 aromatic carbocycles. The predicted molar refractivity (Wildman–Crippen MR) is 87.3 cm³/mol. The van der Waals surface area contributed by atoms with Crippen LogP contribution in [0.3, 0.4) is 0 Å². The number of ether oxygens (including phenoxy) is 1. The van der Waals surface area contributed by atoms with Crippen LogP contribution in [0.2, 0.25) is 0 Å². The van der Waals surface area contributed by atoms with Crippen LogP contribution in [0.15, 0.2) is 65.3 Å². The number of aromatic nitrogens is 3. The van der Waals surface area contributed by atoms with Gasteiger partial charge in [0.25, 0.3) is 0 Å². The molecule has 4 aromatic rings. The van der Waals surface area contributed by atoms with Gasteiger partial charge in [-0.25, -0.2) is 9.67 Å². The first-order valence-corrected chi connectivity index (χ1v) is 7.32. The van der Waals surface area contributed by atoms with Crippen molar-refractivity contribution in [3.8, 4) is 16.8 Å². The standard InChI is InChI=1S/C18H15N3O2/c1-22-12-18-20-16-11-14(6-7-17(16)23-18)13-4-2-5-15(10-13)21-9-3-8-19-21/h2-11H,12H2,1H3. The summed E-state index contributed by atoms with van der Waals surface area (Å²) in [5.41, 5.74) is 4.82. The summed E-state index contributed by atoms with van der Waals surface area (Å²) in [7, 11) is 1.63. The van der Waals surface area contributed by atoms with Crippen LogP contribution < -0.4 is 0 Å². The molecule has 23 heavy (non-hydrogen) atoms. The molecule has 0 amide bonds. The number of methoxy groups -OCH3 is 1. The van der Waals surface area contributed by atoms with E-state index in [9.17, 15) is 0 Å². The molecule has 4 rings (SSSR count). The Morgan fingerprint density at radius 2 is 2.00 bits per heavy atom. The van der Waals surface area contributed by atoms with Crippen LogP contribution in [-0.2, 0) is 11.3 Å². The van der Waals surface area contributed by atoms with Crippen molar-refractivity contribution >= 4 is 11.1 Å². The fraction of sp³-hybridized carbons (Fsp3) is 0.111. The highest BCUT2D eigenvalue weighted by Gasteiger charge is 2.08. The fourth-order valence-corrected chi connectivity index (χ4v) is 2.59. The molecule has 0 spiro atoms. The second-order valence-electron chi connectivity index (χ2n) is 5.22. The summed E-state index contributed by atoms with van der Waals surface area (Å²) in [6.07, 6.45) is 3.70. The van der Waals surface area contributed by atoms with Crippen LogP contribution in [-0.4, -0.2) is 21.9 Å². The summed E-state index contributed by atoms with van der Waals surface area (Å²) in [5, 5.41) is 4.27. The maximum atomic E-state index is 5.63. The van der Waals surface area contributed by atoms with E-state index >= 15 is 0 Å². The van der Waals surface area contributed by atoms with Crippen molar-refractivity contribution < 1.29 is 9.15 Å². The van der Waals surface area contributed by atoms with Gasteiger partial charge in [0.15, 0.2) is 5.58 Å². The molecule has 5 heteroatoms. The number of nitrogens with zero attached hydrogens (tertiary/aromatic N) is 3. The Labute approximate surface area is 133 Å². The fourth-order valence-electron chi connectivity index (χ4n) is 2.59. The van der Waals surface area contributed by atoms with E-state index in [-0.39, 0.29) is 0 Å². The molecular formula is C18H15N3O2. The van der Waals surface area contributed by atoms with E-state index < -0.39 is 0 Å². The van der Waals surface area contributed by atoms with Crippen LogP contribution in [0.5, 0.6) is 0 Å². The maximum absolute atomic E-state index is 5.63. The summed E-state index contributed by atoms with van der Waals surface area (Å²) in [6.45, 7) is 0.374. The lowest BCUT2D eigenvalue weighted by molar-refractivity contribution is 0.161. The smallest absolute Gasteiger partial charge is 0.221 e. The number of benzene rings is 2. The van der Waals surface area contributed by atoms with Gasteiger partial charge in [-0.3, -0.25) is 0 Å². The average molecular weight is 305 g/mol. The molecule has 0 radical (unpaired) electrons. The van der Waals surface area contributed by atoms with Gasteiger partial charge >= 0.3 is 0 Å². The van der Waals surface area contributed by atoms with Gasteiger partial charge in [-0.15, -0.1) is 0 Å². The third kappa shape index (κ3) is 2.62. The molecule has 5 nitrogen and oxygen atoms in total. The van der Waals surface area contributed by atoms with Crippen molar-refractivity contribution in [1.82, 2.24) is 14.8 Å². The second-order valence-corrected chi connectivity index (χ2v) is 5.22. The first-order valence-electron chi connectivity index (χ1n) is 7.32. The Kier molecular flexibility index (Phi) is 3.40. The molecule has 0 N–H and O–H groups in total. The van der Waals surface area contributed by atoms with E-state index in [4.69, 9.17) is 9.15 Å². The third-order valence-corrected chi connectivity index (χ3v) is 3.65. The maximum Gasteiger partial charge on any atom is 0.221 e. The number of fused-ring (bicyclic) bond motifs is 1. The molecule has 0 atom stereocenters. The highest BCUT2D eigenvalue weighted by molar-refractivity contribution is 5.80. The van der Waals surface area contributed by atoms with Gasteiger partial charge in [0.05, 0.1) is 5.69 Å². The molecule has 0 saturated heterocycles. The zero-order chi connectivity index (χ0) is 15.6. The summed E-state index contributed by atoms with van der Waals surface area (Å²) in [5.74, 6) is 0.588. The molecule has 0 unspecified atom stereocenters. The first-order chi connectivity index (χ1) is 11.3. The minimum atomic E-state index is 0.374. The van der Waals surface area contributed by atoms with Crippen molar-refractivity contribution in [2.24, 2.45) is 0 Å². The van der Waals surface area contributed by atoms with Gasteiger partial charge in [-0.2, -0.15) is 5.10 Å². The Morgan fingerprint density at radius 3 is 2.83 bits per heavy atom. The molecule has 0 aliphatic heterocycles. The molecule has 2 heterocycles. The quantitative estimate of drug-likeness (QED) is 0.575. The van der Waals surface area contributed by atoms with E-state index in [1.54, 1.807) is 13.3 Å². The SMILES string of the molecule is COCc1nc2cc(-c3cccc(-n4cccn4)c3)ccc2o1. The highest BCUT2D eigenvalue weighted by atomic mass is 16.5. The Hall–Kier alpha value is -2.92. The Bertz CT molecular complexity index is 942. The molecule has 0 aliphatic carbocycles. The summed E-state index contributed by atoms with van der Waals surface area (Å²) in [4.78, 5) is 4.45. The van der Waals surface area contributed by atoms with Crippen molar-refractivity contribution in [2.75, 3.05) is 7.11 Å². The monoisotopic (exact) mass is 305 g/mol. The van der Waals surface area contributed by atoms with Gasteiger partial charge in [0.2, 0.25) is 5.89 Å². The number of oxazole rings is 1. The lowest BCUT2D eigenvalue weighted by Crippen LogP contribution is -1.93. The summed E-state index contributed by atoms with van der Waals surface area (Å²) >= 11 is 0. The van der Waals surface area contributed by atoms with E-state index in [1.165, 1.54) is 0 Å². The zero-order valence-corrected chi connectivity index (χ0v) is 12.6. The van der Waals surface area contributed by atoms with Crippen LogP contribution in [0.4, 0.5) is 0 Å². The lowest BCUT2D eigenvalue weighted by atomic mass is 10.0. The minimum absolute atomic E-state index is 0.374. The van der Waals surface area contributed by atoms with Gasteiger partial charge in [0, 0.05) is 19.5 Å². The number of hydrogen-bond acceptors (Lipinski definition) is 4. The van der Waals surface area contributed by atoms with E-state index in [0.29, 0.717) is 12.5 Å². The minimum Gasteiger partial charge on any atom is -0.438 e. The van der Waals surface area contributed by atoms with Crippen LogP contribution in [0.1, 0.15) is 5.89 Å². The summed E-state index contributed by atoms with van der Waals surface area (Å²) in [6, 6.07) is 16.1. The zero-order valence-electron chi connectivity index (χ0n) is 12.6. The van der Waals surface area contributed by atoms with Crippen molar-refractivity contribution in [1.29, 1.82) is 0 Å². The largest absolute Gasteiger partial charge is 0.438 e. The number of hydrogen-bond donors (Lipinski definition) is 0. The van der Waals surface area contributed by atoms with E-state index in [0.717, 1.165) is 27.9 Å². The molecular weight excluding hydrogens is 290 g/mol. The van der Waals surface area contributed by atoms with Crippen LogP contribution >= 0.6 is 0 Å². The molecule has 0 saturated carbocycles. The van der Waals surface area contributed by atoms with Gasteiger partial charge in [-0.1, -0.05) is 18.2 Å². The Balaban J connectivity index is 1.75. The molecule has 0 fully saturated rings.